The van der Waals surface area contributed by atoms with Crippen molar-refractivity contribution in [2.24, 2.45) is 0 Å². The number of aliphatic carboxylic acids is 1. The predicted molar refractivity (Wildman–Crippen MR) is 105 cm³/mol. The monoisotopic (exact) mass is 390 g/mol. The van der Waals surface area contributed by atoms with Crippen LogP contribution in [0.2, 0.25) is 0 Å². The van der Waals surface area contributed by atoms with Crippen LogP contribution in [0, 0.1) is 6.92 Å². The molecule has 1 unspecified atom stereocenters. The Bertz CT molecular complexity index is 856. The number of carboxylic acids is 1. The molecular formula is C21H26O5S. The maximum Gasteiger partial charge on any atom is 0.322 e. The zero-order chi connectivity index (χ0) is 19.9. The highest BCUT2D eigenvalue weighted by atomic mass is 32.2. The third-order valence-electron chi connectivity index (χ3n) is 4.60. The number of benzene rings is 2. The molecular weight excluding hydrogens is 364 g/mol. The van der Waals surface area contributed by atoms with Gasteiger partial charge in [0, 0.05) is 0 Å². The highest BCUT2D eigenvalue weighted by molar-refractivity contribution is 7.92. The highest BCUT2D eigenvalue weighted by Gasteiger charge is 2.33. The van der Waals surface area contributed by atoms with E-state index in [1.165, 1.54) is 12.1 Å². The summed E-state index contributed by atoms with van der Waals surface area (Å²) in [6.07, 6.45) is 3.06. The van der Waals surface area contributed by atoms with Gasteiger partial charge in [-0.2, -0.15) is 0 Å². The molecule has 5 nitrogen and oxygen atoms in total. The van der Waals surface area contributed by atoms with Crippen LogP contribution in [0.15, 0.2) is 53.4 Å². The number of hydrogen-bond acceptors (Lipinski definition) is 4. The van der Waals surface area contributed by atoms with Gasteiger partial charge in [-0.05, 0) is 49.9 Å². The maximum absolute atomic E-state index is 12.7. The van der Waals surface area contributed by atoms with Gasteiger partial charge in [0.2, 0.25) is 0 Å². The lowest BCUT2D eigenvalue weighted by Gasteiger charge is -2.14. The van der Waals surface area contributed by atoms with Crippen molar-refractivity contribution < 1.29 is 23.1 Å². The number of unbranched alkanes of at least 4 members (excludes halogenated alkanes) is 2. The number of para-hydroxylation sites is 1. The van der Waals surface area contributed by atoms with E-state index in [-0.39, 0.29) is 11.3 Å². The van der Waals surface area contributed by atoms with E-state index in [4.69, 9.17) is 4.74 Å². The summed E-state index contributed by atoms with van der Waals surface area (Å²) in [5, 5.41) is 8.02. The van der Waals surface area contributed by atoms with Gasteiger partial charge < -0.3 is 9.84 Å². The molecule has 0 radical (unpaired) electrons. The summed E-state index contributed by atoms with van der Waals surface area (Å²) in [4.78, 5) is 11.6. The Morgan fingerprint density at radius 3 is 2.33 bits per heavy atom. The largest absolute Gasteiger partial charge is 0.496 e. The van der Waals surface area contributed by atoms with Crippen molar-refractivity contribution in [2.45, 2.75) is 49.2 Å². The minimum atomic E-state index is -3.89. The van der Waals surface area contributed by atoms with E-state index >= 15 is 0 Å². The lowest BCUT2D eigenvalue weighted by atomic mass is 10.0. The third kappa shape index (κ3) is 5.57. The SMILES string of the molecule is COc1ccccc1CCCCCC(C(=O)O)S(=O)(=O)c1ccc(C)cc1. The van der Waals surface area contributed by atoms with Gasteiger partial charge in [0.1, 0.15) is 5.75 Å². The molecule has 0 spiro atoms. The van der Waals surface area contributed by atoms with Gasteiger partial charge in [0.25, 0.3) is 0 Å². The summed E-state index contributed by atoms with van der Waals surface area (Å²) in [6, 6.07) is 14.1. The first-order valence-corrected chi connectivity index (χ1v) is 10.6. The van der Waals surface area contributed by atoms with E-state index in [0.29, 0.717) is 6.42 Å². The second kappa shape index (κ2) is 9.55. The Kier molecular flexibility index (Phi) is 7.42. The molecule has 0 bridgehead atoms. The van der Waals surface area contributed by atoms with Crippen LogP contribution in [0.4, 0.5) is 0 Å². The first-order chi connectivity index (χ1) is 12.9. The number of methoxy groups -OCH3 is 1. The zero-order valence-corrected chi connectivity index (χ0v) is 16.5. The quantitative estimate of drug-likeness (QED) is 0.620. The van der Waals surface area contributed by atoms with Gasteiger partial charge in [-0.1, -0.05) is 48.7 Å². The topological polar surface area (TPSA) is 80.7 Å². The van der Waals surface area contributed by atoms with Crippen LogP contribution < -0.4 is 4.74 Å². The Labute approximate surface area is 160 Å². The van der Waals surface area contributed by atoms with E-state index in [2.05, 4.69) is 0 Å². The van der Waals surface area contributed by atoms with Crippen molar-refractivity contribution in [3.63, 3.8) is 0 Å². The second-order valence-corrected chi connectivity index (χ2v) is 8.73. The van der Waals surface area contributed by atoms with E-state index in [9.17, 15) is 18.3 Å². The number of ether oxygens (including phenoxy) is 1. The van der Waals surface area contributed by atoms with Crippen LogP contribution in [0.1, 0.15) is 36.8 Å². The molecule has 0 saturated carbocycles. The lowest BCUT2D eigenvalue weighted by Crippen LogP contribution is -2.30. The average Bonchev–Trinajstić information content (AvgIpc) is 2.64. The van der Waals surface area contributed by atoms with E-state index in [1.807, 2.05) is 31.2 Å². The summed E-state index contributed by atoms with van der Waals surface area (Å²) in [6.45, 7) is 1.85. The molecule has 1 N–H and O–H groups in total. The van der Waals surface area contributed by atoms with Crippen LogP contribution >= 0.6 is 0 Å². The molecule has 0 aromatic heterocycles. The number of sulfone groups is 1. The molecule has 0 aliphatic carbocycles. The summed E-state index contributed by atoms with van der Waals surface area (Å²) in [7, 11) is -2.26. The van der Waals surface area contributed by atoms with Crippen molar-refractivity contribution in [2.75, 3.05) is 7.11 Å². The fourth-order valence-electron chi connectivity index (χ4n) is 3.04. The molecule has 0 aliphatic heterocycles. The molecule has 0 saturated heterocycles. The van der Waals surface area contributed by atoms with Gasteiger partial charge >= 0.3 is 5.97 Å². The smallest absolute Gasteiger partial charge is 0.322 e. The predicted octanol–water partition coefficient (Wildman–Crippen LogP) is 4.03. The number of rotatable bonds is 10. The molecule has 0 fully saturated rings. The molecule has 2 rings (SSSR count). The fourth-order valence-corrected chi connectivity index (χ4v) is 4.62. The molecule has 6 heteroatoms. The van der Waals surface area contributed by atoms with Gasteiger partial charge in [-0.3, -0.25) is 4.79 Å². The molecule has 0 amide bonds. The van der Waals surface area contributed by atoms with Crippen LogP contribution in [0.5, 0.6) is 5.75 Å². The minimum absolute atomic E-state index is 0.0644. The Morgan fingerprint density at radius 2 is 1.70 bits per heavy atom. The molecule has 0 aliphatic rings. The fraction of sp³-hybridized carbons (Fsp3) is 0.381. The summed E-state index contributed by atoms with van der Waals surface area (Å²) in [5.41, 5.74) is 2.03. The van der Waals surface area contributed by atoms with Crippen molar-refractivity contribution in [3.05, 3.63) is 59.7 Å². The maximum atomic E-state index is 12.7. The molecule has 1 atom stereocenters. The van der Waals surface area contributed by atoms with Crippen LogP contribution in [0.25, 0.3) is 0 Å². The summed E-state index contributed by atoms with van der Waals surface area (Å²) < 4.78 is 30.6. The van der Waals surface area contributed by atoms with Gasteiger partial charge in [0.05, 0.1) is 12.0 Å². The first-order valence-electron chi connectivity index (χ1n) is 9.01. The number of hydrogen-bond donors (Lipinski definition) is 1. The number of carboxylic acid groups (broad SMARTS) is 1. The second-order valence-electron chi connectivity index (χ2n) is 6.60. The standard InChI is InChI=1S/C21H26O5S/c1-16-12-14-18(15-13-16)27(24,25)20(21(22)23)11-5-3-4-8-17-9-6-7-10-19(17)26-2/h6-7,9-10,12-15,20H,3-5,8,11H2,1-2H3,(H,22,23). The Balaban J connectivity index is 1.93. The van der Waals surface area contributed by atoms with Gasteiger partial charge in [-0.15, -0.1) is 0 Å². The molecule has 146 valence electrons. The molecule has 2 aromatic carbocycles. The average molecular weight is 391 g/mol. The number of aryl methyl sites for hydroxylation is 2. The van der Waals surface area contributed by atoms with Crippen LogP contribution in [-0.4, -0.2) is 31.9 Å². The summed E-state index contributed by atoms with van der Waals surface area (Å²) >= 11 is 0. The van der Waals surface area contributed by atoms with Crippen LogP contribution in [-0.2, 0) is 21.1 Å². The van der Waals surface area contributed by atoms with E-state index < -0.39 is 21.1 Å². The molecule has 0 heterocycles. The molecule has 2 aromatic rings. The first kappa shape index (κ1) is 21.0. The molecule has 27 heavy (non-hydrogen) atoms. The van der Waals surface area contributed by atoms with Crippen molar-refractivity contribution >= 4 is 15.8 Å². The Morgan fingerprint density at radius 1 is 1.04 bits per heavy atom. The van der Waals surface area contributed by atoms with E-state index in [0.717, 1.165) is 36.1 Å². The van der Waals surface area contributed by atoms with Crippen molar-refractivity contribution in [3.8, 4) is 5.75 Å². The third-order valence-corrected chi connectivity index (χ3v) is 6.72. The van der Waals surface area contributed by atoms with E-state index in [1.54, 1.807) is 19.2 Å². The summed E-state index contributed by atoms with van der Waals surface area (Å²) in [5.74, 6) is -0.455. The van der Waals surface area contributed by atoms with Crippen LogP contribution in [0.3, 0.4) is 0 Å². The normalized spacial score (nSPS) is 12.5. The zero-order valence-electron chi connectivity index (χ0n) is 15.7. The Hall–Kier alpha value is -2.34. The minimum Gasteiger partial charge on any atom is -0.496 e. The van der Waals surface area contributed by atoms with Gasteiger partial charge in [0.15, 0.2) is 15.1 Å². The van der Waals surface area contributed by atoms with Crippen molar-refractivity contribution in [1.29, 1.82) is 0 Å². The lowest BCUT2D eigenvalue weighted by molar-refractivity contribution is -0.136. The van der Waals surface area contributed by atoms with Gasteiger partial charge in [-0.25, -0.2) is 8.42 Å². The van der Waals surface area contributed by atoms with Crippen molar-refractivity contribution in [1.82, 2.24) is 0 Å². The number of carbonyl (C=O) groups is 1. The highest BCUT2D eigenvalue weighted by Crippen LogP contribution is 2.23.